The average Bonchev–Trinajstić information content (AvgIpc) is 2.18. The van der Waals surface area contributed by atoms with Crippen LogP contribution in [0.4, 0.5) is 0 Å². The molecule has 1 N–H and O–H groups in total. The zero-order valence-corrected chi connectivity index (χ0v) is 9.43. The van der Waals surface area contributed by atoms with E-state index >= 15 is 0 Å². The first-order valence-corrected chi connectivity index (χ1v) is 6.07. The Hall–Kier alpha value is -0.0800. The lowest BCUT2D eigenvalue weighted by Gasteiger charge is -2.31. The number of aliphatic hydroxyl groups is 1. The first-order chi connectivity index (χ1) is 6.77. The summed E-state index contributed by atoms with van der Waals surface area (Å²) >= 11 is 0. The topological polar surface area (TPSA) is 29.5 Å². The third-order valence-electron chi connectivity index (χ3n) is 3.05. The van der Waals surface area contributed by atoms with Gasteiger partial charge in [0.05, 0.1) is 12.2 Å². The van der Waals surface area contributed by atoms with Crippen LogP contribution in [0.1, 0.15) is 58.3 Å². The van der Waals surface area contributed by atoms with Crippen LogP contribution in [0.15, 0.2) is 0 Å². The first-order valence-electron chi connectivity index (χ1n) is 6.07. The number of rotatable bonds is 6. The summed E-state index contributed by atoms with van der Waals surface area (Å²) < 4.78 is 5.31. The van der Waals surface area contributed by atoms with E-state index in [1.54, 1.807) is 0 Å². The van der Waals surface area contributed by atoms with Crippen molar-refractivity contribution in [2.45, 2.75) is 63.9 Å². The molecule has 0 bridgehead atoms. The van der Waals surface area contributed by atoms with E-state index in [4.69, 9.17) is 4.74 Å². The summed E-state index contributed by atoms with van der Waals surface area (Å²) in [4.78, 5) is 0. The summed E-state index contributed by atoms with van der Waals surface area (Å²) in [7, 11) is 0. The Morgan fingerprint density at radius 1 is 1.21 bits per heavy atom. The van der Waals surface area contributed by atoms with E-state index in [9.17, 15) is 5.11 Å². The summed E-state index contributed by atoms with van der Waals surface area (Å²) in [6, 6.07) is 0. The largest absolute Gasteiger partial charge is 0.387 e. The van der Waals surface area contributed by atoms with Crippen molar-refractivity contribution < 1.29 is 9.84 Å². The molecule has 1 saturated heterocycles. The number of unbranched alkanes of at least 4 members (excludes halogenated alkanes) is 4. The zero-order valence-electron chi connectivity index (χ0n) is 9.43. The standard InChI is InChI=1S/C12H24O2/c1-2-3-4-5-6-8-12(13)9-7-10-14-11-12/h13H,2-11H2,1H3. The van der Waals surface area contributed by atoms with Crippen LogP contribution in [0.3, 0.4) is 0 Å². The van der Waals surface area contributed by atoms with E-state index in [-0.39, 0.29) is 0 Å². The molecule has 1 atom stereocenters. The molecule has 0 aromatic rings. The van der Waals surface area contributed by atoms with Gasteiger partial charge in [0.25, 0.3) is 0 Å². The molecule has 0 spiro atoms. The lowest BCUT2D eigenvalue weighted by Crippen LogP contribution is -2.38. The number of hydrogen-bond acceptors (Lipinski definition) is 2. The molecule has 1 fully saturated rings. The Balaban J connectivity index is 2.03. The van der Waals surface area contributed by atoms with E-state index in [0.717, 1.165) is 32.3 Å². The van der Waals surface area contributed by atoms with Gasteiger partial charge in [-0.05, 0) is 19.3 Å². The van der Waals surface area contributed by atoms with Crippen molar-refractivity contribution in [3.8, 4) is 0 Å². The maximum absolute atomic E-state index is 10.1. The highest BCUT2D eigenvalue weighted by Crippen LogP contribution is 2.25. The fraction of sp³-hybridized carbons (Fsp3) is 1.00. The van der Waals surface area contributed by atoms with Crippen LogP contribution in [0, 0.1) is 0 Å². The summed E-state index contributed by atoms with van der Waals surface area (Å²) in [5.41, 5.74) is -0.496. The highest BCUT2D eigenvalue weighted by molar-refractivity contribution is 4.80. The molecule has 1 unspecified atom stereocenters. The van der Waals surface area contributed by atoms with E-state index in [1.807, 2.05) is 0 Å². The molecule has 0 aromatic carbocycles. The highest BCUT2D eigenvalue weighted by atomic mass is 16.5. The molecule has 0 aliphatic carbocycles. The molecule has 2 nitrogen and oxygen atoms in total. The number of ether oxygens (including phenoxy) is 1. The number of hydrogen-bond donors (Lipinski definition) is 1. The minimum atomic E-state index is -0.496. The van der Waals surface area contributed by atoms with Crippen molar-refractivity contribution in [1.82, 2.24) is 0 Å². The van der Waals surface area contributed by atoms with Crippen molar-refractivity contribution in [3.63, 3.8) is 0 Å². The van der Waals surface area contributed by atoms with Crippen molar-refractivity contribution >= 4 is 0 Å². The second-order valence-electron chi connectivity index (χ2n) is 4.54. The van der Waals surface area contributed by atoms with Crippen molar-refractivity contribution in [1.29, 1.82) is 0 Å². The predicted octanol–water partition coefficient (Wildman–Crippen LogP) is 2.89. The summed E-state index contributed by atoms with van der Waals surface area (Å²) in [6.07, 6.45) is 9.22. The van der Waals surface area contributed by atoms with Gasteiger partial charge in [0.1, 0.15) is 0 Å². The molecule has 0 aromatic heterocycles. The van der Waals surface area contributed by atoms with Gasteiger partial charge in [-0.3, -0.25) is 0 Å². The second-order valence-corrected chi connectivity index (χ2v) is 4.54. The van der Waals surface area contributed by atoms with Crippen LogP contribution in [-0.2, 0) is 4.74 Å². The Kier molecular flexibility index (Phi) is 5.49. The molecular formula is C12H24O2. The maximum Gasteiger partial charge on any atom is 0.0881 e. The van der Waals surface area contributed by atoms with Gasteiger partial charge in [-0.1, -0.05) is 39.0 Å². The maximum atomic E-state index is 10.1. The first kappa shape index (κ1) is 12.0. The van der Waals surface area contributed by atoms with Crippen LogP contribution in [-0.4, -0.2) is 23.9 Å². The Morgan fingerprint density at radius 2 is 2.00 bits per heavy atom. The van der Waals surface area contributed by atoms with Gasteiger partial charge in [0.15, 0.2) is 0 Å². The summed E-state index contributed by atoms with van der Waals surface area (Å²) in [5, 5.41) is 10.1. The second kappa shape index (κ2) is 6.41. The van der Waals surface area contributed by atoms with Gasteiger partial charge < -0.3 is 9.84 Å². The highest BCUT2D eigenvalue weighted by Gasteiger charge is 2.28. The van der Waals surface area contributed by atoms with Crippen molar-refractivity contribution in [2.75, 3.05) is 13.2 Å². The van der Waals surface area contributed by atoms with Crippen LogP contribution >= 0.6 is 0 Å². The summed E-state index contributed by atoms with van der Waals surface area (Å²) in [6.45, 7) is 3.61. The zero-order chi connectivity index (χ0) is 10.3. The molecule has 0 radical (unpaired) electrons. The SMILES string of the molecule is CCCCCCCC1(O)CCCOC1. The minimum absolute atomic E-state index is 0.496. The van der Waals surface area contributed by atoms with Gasteiger partial charge >= 0.3 is 0 Å². The average molecular weight is 200 g/mol. The molecule has 0 saturated carbocycles. The van der Waals surface area contributed by atoms with E-state index in [0.29, 0.717) is 6.61 Å². The van der Waals surface area contributed by atoms with Crippen molar-refractivity contribution in [2.24, 2.45) is 0 Å². The molecule has 1 aliphatic rings. The third kappa shape index (κ3) is 4.43. The lowest BCUT2D eigenvalue weighted by molar-refractivity contribution is -0.0906. The molecule has 1 heterocycles. The fourth-order valence-corrected chi connectivity index (χ4v) is 2.09. The van der Waals surface area contributed by atoms with Crippen molar-refractivity contribution in [3.05, 3.63) is 0 Å². The molecule has 1 rings (SSSR count). The van der Waals surface area contributed by atoms with Gasteiger partial charge in [-0.25, -0.2) is 0 Å². The van der Waals surface area contributed by atoms with Crippen LogP contribution in [0.2, 0.25) is 0 Å². The molecule has 1 aliphatic heterocycles. The minimum Gasteiger partial charge on any atom is -0.387 e. The van der Waals surface area contributed by atoms with E-state index in [1.165, 1.54) is 25.7 Å². The normalized spacial score (nSPS) is 27.9. The predicted molar refractivity (Wildman–Crippen MR) is 58.4 cm³/mol. The molecule has 84 valence electrons. The smallest absolute Gasteiger partial charge is 0.0881 e. The van der Waals surface area contributed by atoms with Gasteiger partial charge in [0.2, 0.25) is 0 Å². The van der Waals surface area contributed by atoms with Crippen LogP contribution in [0.25, 0.3) is 0 Å². The van der Waals surface area contributed by atoms with Gasteiger partial charge in [-0.15, -0.1) is 0 Å². The molecule has 2 heteroatoms. The van der Waals surface area contributed by atoms with Crippen LogP contribution < -0.4 is 0 Å². The Bertz CT molecular complexity index is 139. The summed E-state index contributed by atoms with van der Waals surface area (Å²) in [5.74, 6) is 0. The third-order valence-corrected chi connectivity index (χ3v) is 3.05. The van der Waals surface area contributed by atoms with Gasteiger partial charge in [-0.2, -0.15) is 0 Å². The van der Waals surface area contributed by atoms with Crippen LogP contribution in [0.5, 0.6) is 0 Å². The monoisotopic (exact) mass is 200 g/mol. The molecular weight excluding hydrogens is 176 g/mol. The Morgan fingerprint density at radius 3 is 2.64 bits per heavy atom. The van der Waals surface area contributed by atoms with E-state index < -0.39 is 5.60 Å². The van der Waals surface area contributed by atoms with E-state index in [2.05, 4.69) is 6.92 Å². The quantitative estimate of drug-likeness (QED) is 0.668. The molecule has 0 amide bonds. The van der Waals surface area contributed by atoms with Gasteiger partial charge in [0, 0.05) is 6.61 Å². The lowest BCUT2D eigenvalue weighted by atomic mass is 9.90. The molecule has 14 heavy (non-hydrogen) atoms. The Labute approximate surface area is 87.7 Å². The fourth-order valence-electron chi connectivity index (χ4n) is 2.09.